The Morgan fingerprint density at radius 2 is 1.11 bits per heavy atom. The minimum absolute atomic E-state index is 0.00346. The van der Waals surface area contributed by atoms with E-state index < -0.39 is 26.8 Å². The number of phosphoric ester groups is 2. The molecule has 0 rings (SSSR count). The Morgan fingerprint density at radius 3 is 1.52 bits per heavy atom. The van der Waals surface area contributed by atoms with E-state index in [1.54, 1.807) is 5.54 Å². The van der Waals surface area contributed by atoms with Crippen LogP contribution in [0.4, 0.5) is 4.48 Å². The summed E-state index contributed by atoms with van der Waals surface area (Å²) in [5, 5.41) is 0. The van der Waals surface area contributed by atoms with Crippen LogP contribution in [0.15, 0.2) is 0 Å². The Hall–Kier alpha value is -0.0900. The van der Waals surface area contributed by atoms with Crippen LogP contribution in [-0.2, 0) is 50.9 Å². The van der Waals surface area contributed by atoms with Crippen molar-refractivity contribution in [3.63, 3.8) is 0 Å². The summed E-state index contributed by atoms with van der Waals surface area (Å²) in [6.07, 6.45) is 4.78. The van der Waals surface area contributed by atoms with E-state index in [2.05, 4.69) is 20.8 Å². The molecule has 326 valence electrons. The molecule has 0 radical (unpaired) electrons. The van der Waals surface area contributed by atoms with Gasteiger partial charge in [0.15, 0.2) is 0 Å². The highest BCUT2D eigenvalue weighted by Gasteiger charge is 2.38. The van der Waals surface area contributed by atoms with Gasteiger partial charge >= 0.3 is 15.6 Å². The molecule has 6 atom stereocenters. The standard InChI is InChI=1S/C37H78FNO13P2/c1-11-35(39-38)28-34(32(7)8)30-50-54(42,43)52-37(13-3,14-4)15-16-44-17-18-45-19-20-46-21-22-47-23-24-48-25-26-49-53(40,41)51-36(10,12-2)29-33(9)27-31(5)6/h31-35,39H,11-30H2,1-10H3,(H,40,41)(H,42,43). The highest BCUT2D eigenvalue weighted by atomic mass is 31.2. The summed E-state index contributed by atoms with van der Waals surface area (Å²) in [7, 11) is -8.57. The molecule has 0 saturated heterocycles. The summed E-state index contributed by atoms with van der Waals surface area (Å²) in [6, 6.07) is -0.341. The molecule has 0 aromatic carbocycles. The first-order valence-corrected chi connectivity index (χ1v) is 23.0. The zero-order chi connectivity index (χ0) is 41.1. The van der Waals surface area contributed by atoms with E-state index in [9.17, 15) is 23.4 Å². The molecule has 17 heteroatoms. The third-order valence-corrected chi connectivity index (χ3v) is 11.9. The fourth-order valence-corrected chi connectivity index (χ4v) is 8.44. The number of hydrogen-bond donors (Lipinski definition) is 3. The SMILES string of the molecule is CCC(CC(COP(=O)(O)OC(CC)(CC)CCOCCOCCOCCOCCOCCOP(=O)(O)OC(C)(CC)CC(C)CC(C)C)C(C)C)NF. The minimum atomic E-state index is -4.36. The van der Waals surface area contributed by atoms with E-state index in [-0.39, 0.29) is 37.7 Å². The van der Waals surface area contributed by atoms with Gasteiger partial charge in [0, 0.05) is 19.1 Å². The van der Waals surface area contributed by atoms with Gasteiger partial charge in [-0.3, -0.25) is 18.1 Å². The molecule has 0 spiro atoms. The molecule has 0 aromatic rings. The second-order valence-corrected chi connectivity index (χ2v) is 17.9. The minimum Gasteiger partial charge on any atom is -0.379 e. The van der Waals surface area contributed by atoms with Crippen molar-refractivity contribution >= 4 is 15.6 Å². The molecular weight excluding hydrogens is 747 g/mol. The number of rotatable bonds is 38. The summed E-state index contributed by atoms with van der Waals surface area (Å²) in [5.74, 6) is 0.931. The van der Waals surface area contributed by atoms with Crippen molar-refractivity contribution < 1.29 is 65.2 Å². The highest BCUT2D eigenvalue weighted by molar-refractivity contribution is 7.47. The summed E-state index contributed by atoms with van der Waals surface area (Å²) < 4.78 is 87.9. The lowest BCUT2D eigenvalue weighted by atomic mass is 9.86. The maximum atomic E-state index is 13.0. The van der Waals surface area contributed by atoms with Gasteiger partial charge in [-0.25, -0.2) is 9.13 Å². The van der Waals surface area contributed by atoms with Crippen molar-refractivity contribution in [2.75, 3.05) is 79.3 Å². The topological polar surface area (TPSA) is 170 Å². The first-order valence-electron chi connectivity index (χ1n) is 20.0. The largest absolute Gasteiger partial charge is 0.472 e. The van der Waals surface area contributed by atoms with Crippen molar-refractivity contribution in [1.29, 1.82) is 0 Å². The summed E-state index contributed by atoms with van der Waals surface area (Å²) >= 11 is 0. The zero-order valence-corrected chi connectivity index (χ0v) is 37.0. The van der Waals surface area contributed by atoms with Gasteiger partial charge in [0.1, 0.15) is 0 Å². The first-order chi connectivity index (χ1) is 25.4. The van der Waals surface area contributed by atoms with Gasteiger partial charge in [-0.05, 0) is 75.5 Å². The Bertz CT molecular complexity index is 1010. The monoisotopic (exact) mass is 825 g/mol. The number of nitrogens with one attached hydrogen (secondary N) is 1. The fourth-order valence-electron chi connectivity index (χ4n) is 6.05. The fraction of sp³-hybridized carbons (Fsp3) is 1.00. The molecule has 0 saturated carbocycles. The molecule has 0 aliphatic heterocycles. The average molecular weight is 826 g/mol. The van der Waals surface area contributed by atoms with E-state index in [0.717, 1.165) is 6.42 Å². The molecule has 0 aliphatic carbocycles. The zero-order valence-electron chi connectivity index (χ0n) is 35.2. The highest BCUT2D eigenvalue weighted by Crippen LogP contribution is 2.51. The molecule has 0 heterocycles. The van der Waals surface area contributed by atoms with Crippen molar-refractivity contribution in [3.05, 3.63) is 0 Å². The first kappa shape index (κ1) is 53.9. The molecular formula is C37H78FNO13P2. The van der Waals surface area contributed by atoms with Gasteiger partial charge in [0.05, 0.1) is 83.9 Å². The predicted molar refractivity (Wildman–Crippen MR) is 209 cm³/mol. The van der Waals surface area contributed by atoms with Gasteiger partial charge < -0.3 is 33.5 Å². The summed E-state index contributed by atoms with van der Waals surface area (Å²) in [6.45, 7) is 23.1. The van der Waals surface area contributed by atoms with E-state index in [1.165, 1.54) is 0 Å². The van der Waals surface area contributed by atoms with Crippen LogP contribution in [0.25, 0.3) is 0 Å². The van der Waals surface area contributed by atoms with Crippen molar-refractivity contribution in [2.24, 2.45) is 23.7 Å². The predicted octanol–water partition coefficient (Wildman–Crippen LogP) is 8.44. The summed E-state index contributed by atoms with van der Waals surface area (Å²) in [4.78, 5) is 20.7. The van der Waals surface area contributed by atoms with Crippen LogP contribution in [0, 0.1) is 23.7 Å². The maximum absolute atomic E-state index is 13.0. The molecule has 3 N–H and O–H groups in total. The Kier molecular flexibility index (Phi) is 30.0. The van der Waals surface area contributed by atoms with Crippen molar-refractivity contribution in [2.45, 2.75) is 138 Å². The third-order valence-electron chi connectivity index (χ3n) is 9.64. The lowest BCUT2D eigenvalue weighted by molar-refractivity contribution is -0.0316. The number of halogens is 1. The summed E-state index contributed by atoms with van der Waals surface area (Å²) in [5.41, 5.74) is 0.171. The van der Waals surface area contributed by atoms with Gasteiger partial charge in [0.2, 0.25) is 0 Å². The normalized spacial score (nSPS) is 17.7. The van der Waals surface area contributed by atoms with E-state index >= 15 is 0 Å². The van der Waals surface area contributed by atoms with Crippen LogP contribution in [-0.4, -0.2) is 106 Å². The van der Waals surface area contributed by atoms with Gasteiger partial charge in [-0.15, -0.1) is 4.48 Å². The Morgan fingerprint density at radius 1 is 0.648 bits per heavy atom. The molecule has 6 unspecified atom stereocenters. The number of ether oxygens (including phenoxy) is 5. The lowest BCUT2D eigenvalue weighted by Crippen LogP contribution is -2.33. The van der Waals surface area contributed by atoms with Crippen LogP contribution in [0.2, 0.25) is 0 Å². The van der Waals surface area contributed by atoms with Gasteiger partial charge in [0.25, 0.3) is 0 Å². The van der Waals surface area contributed by atoms with E-state index in [1.807, 2.05) is 48.5 Å². The number of phosphoric acid groups is 2. The van der Waals surface area contributed by atoms with E-state index in [4.69, 9.17) is 41.8 Å². The number of hydrogen-bond acceptors (Lipinski definition) is 12. The van der Waals surface area contributed by atoms with E-state index in [0.29, 0.717) is 116 Å². The second kappa shape index (κ2) is 30.0. The van der Waals surface area contributed by atoms with Gasteiger partial charge in [-0.2, -0.15) is 5.54 Å². The average Bonchev–Trinajstić information content (AvgIpc) is 3.09. The van der Waals surface area contributed by atoms with Crippen LogP contribution in [0.5, 0.6) is 0 Å². The molecule has 54 heavy (non-hydrogen) atoms. The molecule has 0 aliphatic rings. The molecule has 0 bridgehead atoms. The van der Waals surface area contributed by atoms with Crippen LogP contribution in [0.3, 0.4) is 0 Å². The van der Waals surface area contributed by atoms with Crippen LogP contribution >= 0.6 is 15.6 Å². The molecule has 0 aromatic heterocycles. The smallest absolute Gasteiger partial charge is 0.379 e. The maximum Gasteiger partial charge on any atom is 0.472 e. The lowest BCUT2D eigenvalue weighted by Gasteiger charge is -2.33. The Balaban J connectivity index is 4.05. The van der Waals surface area contributed by atoms with Crippen molar-refractivity contribution in [1.82, 2.24) is 5.54 Å². The molecule has 0 amide bonds. The molecule has 14 nitrogen and oxygen atoms in total. The Labute approximate surface area is 326 Å². The van der Waals surface area contributed by atoms with Crippen LogP contribution in [0.1, 0.15) is 121 Å². The second-order valence-electron chi connectivity index (χ2n) is 15.1. The quantitative estimate of drug-likeness (QED) is 0.0308. The third kappa shape index (κ3) is 26.8. The van der Waals surface area contributed by atoms with Crippen molar-refractivity contribution in [3.8, 4) is 0 Å². The van der Waals surface area contributed by atoms with Gasteiger partial charge in [-0.1, -0.05) is 62.3 Å². The van der Waals surface area contributed by atoms with Crippen LogP contribution < -0.4 is 5.54 Å². The molecule has 0 fully saturated rings.